The van der Waals surface area contributed by atoms with Crippen LogP contribution in [0.25, 0.3) is 0 Å². The van der Waals surface area contributed by atoms with Crippen LogP contribution in [0.4, 0.5) is 4.79 Å². The average molecular weight is 316 g/mol. The SMILES string of the molecule is CC1(C)CCC2CC(NC(=O)NCCC(=O)O)c3cccc1c32. The van der Waals surface area contributed by atoms with Crippen LogP contribution in [-0.2, 0) is 10.2 Å². The number of rotatable bonds is 4. The van der Waals surface area contributed by atoms with E-state index in [1.165, 1.54) is 23.1 Å². The molecule has 23 heavy (non-hydrogen) atoms. The molecule has 5 heteroatoms. The van der Waals surface area contributed by atoms with Crippen LogP contribution in [0.15, 0.2) is 18.2 Å². The van der Waals surface area contributed by atoms with Gasteiger partial charge in [0, 0.05) is 6.54 Å². The van der Waals surface area contributed by atoms with Crippen molar-refractivity contribution in [2.75, 3.05) is 6.54 Å². The minimum absolute atomic E-state index is 0.0219. The maximum atomic E-state index is 12.0. The van der Waals surface area contributed by atoms with E-state index in [0.717, 1.165) is 12.8 Å². The van der Waals surface area contributed by atoms with Gasteiger partial charge in [-0.05, 0) is 47.3 Å². The topological polar surface area (TPSA) is 78.4 Å². The van der Waals surface area contributed by atoms with E-state index in [0.29, 0.717) is 5.92 Å². The highest BCUT2D eigenvalue weighted by Gasteiger charge is 2.40. The van der Waals surface area contributed by atoms with E-state index in [1.54, 1.807) is 0 Å². The summed E-state index contributed by atoms with van der Waals surface area (Å²) in [6, 6.07) is 6.16. The van der Waals surface area contributed by atoms with Gasteiger partial charge in [-0.1, -0.05) is 32.0 Å². The van der Waals surface area contributed by atoms with Crippen molar-refractivity contribution < 1.29 is 14.7 Å². The van der Waals surface area contributed by atoms with Crippen LogP contribution in [-0.4, -0.2) is 23.7 Å². The molecule has 5 nitrogen and oxygen atoms in total. The Morgan fingerprint density at radius 2 is 2.13 bits per heavy atom. The second-order valence-corrected chi connectivity index (χ2v) is 7.26. The minimum atomic E-state index is -0.908. The van der Waals surface area contributed by atoms with Gasteiger partial charge in [0.25, 0.3) is 0 Å². The molecule has 2 aliphatic rings. The van der Waals surface area contributed by atoms with E-state index in [-0.39, 0.29) is 30.5 Å². The fourth-order valence-corrected chi connectivity index (χ4v) is 4.02. The molecule has 0 aliphatic heterocycles. The first-order chi connectivity index (χ1) is 10.9. The van der Waals surface area contributed by atoms with Crippen molar-refractivity contribution in [3.63, 3.8) is 0 Å². The van der Waals surface area contributed by atoms with E-state index >= 15 is 0 Å². The molecule has 3 rings (SSSR count). The Kier molecular flexibility index (Phi) is 4.04. The van der Waals surface area contributed by atoms with Gasteiger partial charge in [-0.25, -0.2) is 4.79 Å². The first-order valence-electron chi connectivity index (χ1n) is 8.28. The predicted molar refractivity (Wildman–Crippen MR) is 87.6 cm³/mol. The summed E-state index contributed by atoms with van der Waals surface area (Å²) >= 11 is 0. The van der Waals surface area contributed by atoms with Crippen LogP contribution in [0, 0.1) is 0 Å². The van der Waals surface area contributed by atoms with E-state index in [2.05, 4.69) is 42.7 Å². The van der Waals surface area contributed by atoms with E-state index in [4.69, 9.17) is 5.11 Å². The van der Waals surface area contributed by atoms with Crippen molar-refractivity contribution in [1.29, 1.82) is 0 Å². The van der Waals surface area contributed by atoms with Gasteiger partial charge >= 0.3 is 12.0 Å². The second-order valence-electron chi connectivity index (χ2n) is 7.26. The third-order valence-electron chi connectivity index (χ3n) is 5.22. The maximum absolute atomic E-state index is 12.0. The van der Waals surface area contributed by atoms with Crippen LogP contribution in [0.5, 0.6) is 0 Å². The Hall–Kier alpha value is -2.04. The van der Waals surface area contributed by atoms with Crippen LogP contribution >= 0.6 is 0 Å². The number of carbonyl (C=O) groups is 2. The Balaban J connectivity index is 1.73. The van der Waals surface area contributed by atoms with Crippen LogP contribution < -0.4 is 10.6 Å². The zero-order valence-electron chi connectivity index (χ0n) is 13.7. The highest BCUT2D eigenvalue weighted by Crippen LogP contribution is 2.52. The summed E-state index contributed by atoms with van der Waals surface area (Å²) in [5.41, 5.74) is 4.27. The number of hydrogen-bond donors (Lipinski definition) is 3. The summed E-state index contributed by atoms with van der Waals surface area (Å²) < 4.78 is 0. The highest BCUT2D eigenvalue weighted by atomic mass is 16.4. The maximum Gasteiger partial charge on any atom is 0.315 e. The molecule has 1 aromatic rings. The third-order valence-corrected chi connectivity index (χ3v) is 5.22. The first kappa shape index (κ1) is 15.8. The molecule has 0 bridgehead atoms. The quantitative estimate of drug-likeness (QED) is 0.799. The number of benzene rings is 1. The molecule has 0 spiro atoms. The van der Waals surface area contributed by atoms with Crippen molar-refractivity contribution in [3.05, 3.63) is 34.9 Å². The number of aliphatic carboxylic acids is 1. The second kappa shape index (κ2) is 5.87. The lowest BCUT2D eigenvalue weighted by atomic mass is 9.69. The fraction of sp³-hybridized carbons (Fsp3) is 0.556. The number of carbonyl (C=O) groups excluding carboxylic acids is 1. The van der Waals surface area contributed by atoms with Gasteiger partial charge in [-0.3, -0.25) is 4.79 Å². The molecule has 2 atom stereocenters. The summed E-state index contributed by atoms with van der Waals surface area (Å²) in [4.78, 5) is 22.5. The van der Waals surface area contributed by atoms with Crippen molar-refractivity contribution >= 4 is 12.0 Å². The van der Waals surface area contributed by atoms with Gasteiger partial charge in [0.2, 0.25) is 0 Å². The highest BCUT2D eigenvalue weighted by molar-refractivity contribution is 5.76. The Morgan fingerprint density at radius 3 is 2.87 bits per heavy atom. The van der Waals surface area contributed by atoms with Gasteiger partial charge in [0.05, 0.1) is 12.5 Å². The lowest BCUT2D eigenvalue weighted by molar-refractivity contribution is -0.136. The molecule has 0 saturated carbocycles. The van der Waals surface area contributed by atoms with Crippen molar-refractivity contribution in [1.82, 2.24) is 10.6 Å². The Morgan fingerprint density at radius 1 is 1.35 bits per heavy atom. The average Bonchev–Trinajstić information content (AvgIpc) is 2.82. The molecule has 3 N–H and O–H groups in total. The summed E-state index contributed by atoms with van der Waals surface area (Å²) in [6.07, 6.45) is 3.21. The molecule has 2 unspecified atom stereocenters. The Labute approximate surface area is 136 Å². The number of hydrogen-bond acceptors (Lipinski definition) is 2. The monoisotopic (exact) mass is 316 g/mol. The van der Waals surface area contributed by atoms with Crippen LogP contribution in [0.1, 0.15) is 68.2 Å². The normalized spacial score (nSPS) is 23.9. The zero-order valence-corrected chi connectivity index (χ0v) is 13.7. The van der Waals surface area contributed by atoms with Gasteiger partial charge in [0.15, 0.2) is 0 Å². The van der Waals surface area contributed by atoms with Crippen LogP contribution in [0.2, 0.25) is 0 Å². The molecule has 0 aromatic heterocycles. The Bertz CT molecular complexity index is 639. The fourth-order valence-electron chi connectivity index (χ4n) is 4.02. The molecule has 2 aliphatic carbocycles. The minimum Gasteiger partial charge on any atom is -0.481 e. The third kappa shape index (κ3) is 3.05. The summed E-state index contributed by atoms with van der Waals surface area (Å²) in [7, 11) is 0. The summed E-state index contributed by atoms with van der Waals surface area (Å²) in [5.74, 6) is -0.382. The molecule has 1 aromatic carbocycles. The van der Waals surface area contributed by atoms with Crippen molar-refractivity contribution in [2.45, 2.75) is 56.9 Å². The van der Waals surface area contributed by atoms with E-state index < -0.39 is 5.97 Å². The van der Waals surface area contributed by atoms with Gasteiger partial charge in [-0.15, -0.1) is 0 Å². The molecular formula is C18H24N2O3. The summed E-state index contributed by atoms with van der Waals surface area (Å²) in [6.45, 7) is 4.73. The zero-order chi connectivity index (χ0) is 16.6. The van der Waals surface area contributed by atoms with Gasteiger partial charge in [-0.2, -0.15) is 0 Å². The molecule has 2 amide bonds. The summed E-state index contributed by atoms with van der Waals surface area (Å²) in [5, 5.41) is 14.3. The molecule has 0 fully saturated rings. The number of carboxylic acid groups (broad SMARTS) is 1. The largest absolute Gasteiger partial charge is 0.481 e. The van der Waals surface area contributed by atoms with Crippen LogP contribution in [0.3, 0.4) is 0 Å². The molecule has 0 radical (unpaired) electrons. The lowest BCUT2D eigenvalue weighted by Crippen LogP contribution is -2.38. The molecule has 124 valence electrons. The number of carboxylic acids is 1. The molecule has 0 heterocycles. The number of nitrogens with one attached hydrogen (secondary N) is 2. The molecule has 0 saturated heterocycles. The van der Waals surface area contributed by atoms with Gasteiger partial charge < -0.3 is 15.7 Å². The standard InChI is InChI=1S/C18H24N2O3/c1-18(2)8-6-11-10-14(12-4-3-5-13(18)16(11)12)20-17(23)19-9-7-15(21)22/h3-5,11,14H,6-10H2,1-2H3,(H,21,22)(H2,19,20,23). The molecular weight excluding hydrogens is 292 g/mol. The number of amides is 2. The van der Waals surface area contributed by atoms with Crippen molar-refractivity contribution in [2.24, 2.45) is 0 Å². The number of urea groups is 1. The van der Waals surface area contributed by atoms with E-state index in [9.17, 15) is 9.59 Å². The van der Waals surface area contributed by atoms with Crippen molar-refractivity contribution in [3.8, 4) is 0 Å². The predicted octanol–water partition coefficient (Wildman–Crippen LogP) is 3.06. The van der Waals surface area contributed by atoms with Gasteiger partial charge in [0.1, 0.15) is 0 Å². The smallest absolute Gasteiger partial charge is 0.315 e. The lowest BCUT2D eigenvalue weighted by Gasteiger charge is -2.35. The van der Waals surface area contributed by atoms with E-state index in [1.807, 2.05) is 0 Å². The first-order valence-corrected chi connectivity index (χ1v) is 8.28.